The quantitative estimate of drug-likeness (QED) is 0.816. The van der Waals surface area contributed by atoms with Crippen molar-refractivity contribution in [2.45, 2.75) is 40.0 Å². The maximum atomic E-state index is 12.2. The number of hydrogen-bond donors (Lipinski definition) is 0. The van der Waals surface area contributed by atoms with Gasteiger partial charge in [-0.3, -0.25) is 4.79 Å². The first-order valence-electron chi connectivity index (χ1n) is 5.53. The van der Waals surface area contributed by atoms with Crippen molar-refractivity contribution in [2.75, 3.05) is 13.1 Å². The molecule has 0 N–H and O–H groups in total. The zero-order valence-corrected chi connectivity index (χ0v) is 11.4. The van der Waals surface area contributed by atoms with Crippen LogP contribution in [0.4, 0.5) is 0 Å². The number of carbonyl (C=O) groups excluding carboxylic acids is 1. The van der Waals surface area contributed by atoms with E-state index in [2.05, 4.69) is 9.59 Å². The third kappa shape index (κ3) is 2.58. The van der Waals surface area contributed by atoms with E-state index in [1.165, 1.54) is 11.5 Å². The molecule has 1 amide bonds. The molecule has 1 aromatic heterocycles. The van der Waals surface area contributed by atoms with E-state index in [9.17, 15) is 4.79 Å². The predicted octanol–water partition coefficient (Wildman–Crippen LogP) is 2.32. The molecular formula is C11H19N3OS. The molecule has 0 unspecified atom stereocenters. The van der Waals surface area contributed by atoms with Gasteiger partial charge in [-0.2, -0.15) is 0 Å². The molecular weight excluding hydrogens is 222 g/mol. The molecule has 0 aliphatic carbocycles. The lowest BCUT2D eigenvalue weighted by atomic mass is 9.91. The molecule has 1 aromatic rings. The third-order valence-electron chi connectivity index (χ3n) is 2.44. The van der Waals surface area contributed by atoms with Crippen LogP contribution in [0.1, 0.15) is 50.0 Å². The second kappa shape index (κ2) is 4.91. The summed E-state index contributed by atoms with van der Waals surface area (Å²) in [6.45, 7) is 11.5. The molecule has 16 heavy (non-hydrogen) atoms. The average molecular weight is 241 g/mol. The van der Waals surface area contributed by atoms with Crippen LogP contribution in [-0.2, 0) is 5.41 Å². The van der Waals surface area contributed by atoms with E-state index >= 15 is 0 Å². The smallest absolute Gasteiger partial charge is 0.267 e. The van der Waals surface area contributed by atoms with Crippen molar-refractivity contribution in [3.63, 3.8) is 0 Å². The van der Waals surface area contributed by atoms with Crippen LogP contribution in [0.3, 0.4) is 0 Å². The van der Waals surface area contributed by atoms with Crippen LogP contribution in [0.25, 0.3) is 0 Å². The molecule has 0 aromatic carbocycles. The molecule has 0 saturated carbocycles. The topological polar surface area (TPSA) is 46.1 Å². The molecule has 0 atom stereocenters. The molecule has 0 spiro atoms. The lowest BCUT2D eigenvalue weighted by molar-refractivity contribution is 0.0775. The Bertz CT molecular complexity index is 364. The van der Waals surface area contributed by atoms with Crippen molar-refractivity contribution in [3.05, 3.63) is 10.6 Å². The fourth-order valence-electron chi connectivity index (χ4n) is 1.48. The van der Waals surface area contributed by atoms with Gasteiger partial charge in [0, 0.05) is 18.5 Å². The molecule has 5 heteroatoms. The van der Waals surface area contributed by atoms with Gasteiger partial charge < -0.3 is 4.90 Å². The molecule has 90 valence electrons. The summed E-state index contributed by atoms with van der Waals surface area (Å²) in [4.78, 5) is 14.7. The van der Waals surface area contributed by atoms with Crippen molar-refractivity contribution >= 4 is 17.4 Å². The Morgan fingerprint density at radius 1 is 1.31 bits per heavy atom. The van der Waals surface area contributed by atoms with Gasteiger partial charge >= 0.3 is 0 Å². The summed E-state index contributed by atoms with van der Waals surface area (Å²) in [6, 6.07) is 0. The largest absolute Gasteiger partial charge is 0.338 e. The Hall–Kier alpha value is -0.970. The van der Waals surface area contributed by atoms with Gasteiger partial charge in [0.15, 0.2) is 0 Å². The maximum Gasteiger partial charge on any atom is 0.267 e. The zero-order valence-electron chi connectivity index (χ0n) is 10.6. The molecule has 0 saturated heterocycles. The number of aromatic nitrogens is 2. The van der Waals surface area contributed by atoms with Crippen LogP contribution >= 0.6 is 11.5 Å². The predicted molar refractivity (Wildman–Crippen MR) is 65.9 cm³/mol. The molecule has 0 radical (unpaired) electrons. The summed E-state index contributed by atoms with van der Waals surface area (Å²) in [6.07, 6.45) is 0. The highest BCUT2D eigenvalue weighted by molar-refractivity contribution is 7.08. The minimum Gasteiger partial charge on any atom is -0.338 e. The normalized spacial score (nSPS) is 11.6. The van der Waals surface area contributed by atoms with Crippen molar-refractivity contribution in [2.24, 2.45) is 0 Å². The van der Waals surface area contributed by atoms with Crippen LogP contribution in [0, 0.1) is 0 Å². The molecule has 0 aliphatic heterocycles. The molecule has 0 bridgehead atoms. The second-order valence-electron chi connectivity index (χ2n) is 4.68. The minimum atomic E-state index is -0.134. The number of carbonyl (C=O) groups is 1. The highest BCUT2D eigenvalue weighted by Gasteiger charge is 2.28. The minimum absolute atomic E-state index is 0.0462. The van der Waals surface area contributed by atoms with Crippen LogP contribution < -0.4 is 0 Å². The molecule has 4 nitrogen and oxygen atoms in total. The van der Waals surface area contributed by atoms with E-state index in [0.717, 1.165) is 18.8 Å². The van der Waals surface area contributed by atoms with E-state index in [1.807, 2.05) is 34.6 Å². The number of hydrogen-bond acceptors (Lipinski definition) is 4. The number of nitrogens with zero attached hydrogens (tertiary/aromatic N) is 3. The van der Waals surface area contributed by atoms with Gasteiger partial charge in [-0.15, -0.1) is 5.10 Å². The molecule has 1 heterocycles. The first-order chi connectivity index (χ1) is 7.41. The van der Waals surface area contributed by atoms with Gasteiger partial charge in [-0.25, -0.2) is 0 Å². The summed E-state index contributed by atoms with van der Waals surface area (Å²) in [5, 5.41) is 4.08. The number of amides is 1. The second-order valence-corrected chi connectivity index (χ2v) is 5.43. The summed E-state index contributed by atoms with van der Waals surface area (Å²) in [5.74, 6) is 0.0462. The number of rotatable bonds is 3. The van der Waals surface area contributed by atoms with Gasteiger partial charge in [0.05, 0.1) is 5.69 Å². The van der Waals surface area contributed by atoms with Gasteiger partial charge in [-0.1, -0.05) is 25.3 Å². The lowest BCUT2D eigenvalue weighted by Gasteiger charge is -2.21. The van der Waals surface area contributed by atoms with Crippen LogP contribution in [0.2, 0.25) is 0 Å². The van der Waals surface area contributed by atoms with E-state index in [-0.39, 0.29) is 11.3 Å². The fraction of sp³-hybridized carbons (Fsp3) is 0.727. The SMILES string of the molecule is CCN(CC)C(=O)c1snnc1C(C)(C)C. The fourth-order valence-corrected chi connectivity index (χ4v) is 2.32. The summed E-state index contributed by atoms with van der Waals surface area (Å²) >= 11 is 1.19. The zero-order chi connectivity index (χ0) is 12.3. The van der Waals surface area contributed by atoms with Gasteiger partial charge in [0.2, 0.25) is 0 Å². The standard InChI is InChI=1S/C11H19N3OS/c1-6-14(7-2)10(15)8-9(11(3,4)5)12-13-16-8/h6-7H2,1-5H3. The summed E-state index contributed by atoms with van der Waals surface area (Å²) < 4.78 is 3.90. The average Bonchev–Trinajstić information content (AvgIpc) is 2.67. The highest BCUT2D eigenvalue weighted by Crippen LogP contribution is 2.26. The van der Waals surface area contributed by atoms with Gasteiger partial charge in [0.1, 0.15) is 4.88 Å². The van der Waals surface area contributed by atoms with E-state index in [0.29, 0.717) is 4.88 Å². The van der Waals surface area contributed by atoms with Crippen molar-refractivity contribution < 1.29 is 4.79 Å². The van der Waals surface area contributed by atoms with Crippen molar-refractivity contribution in [1.82, 2.24) is 14.5 Å². The van der Waals surface area contributed by atoms with Crippen LogP contribution in [0.5, 0.6) is 0 Å². The first kappa shape index (κ1) is 13.1. The van der Waals surface area contributed by atoms with Crippen LogP contribution in [0.15, 0.2) is 0 Å². The van der Waals surface area contributed by atoms with Crippen molar-refractivity contribution in [3.8, 4) is 0 Å². The Kier molecular flexibility index (Phi) is 4.02. The summed E-state index contributed by atoms with van der Waals surface area (Å²) in [5.41, 5.74) is 0.667. The monoisotopic (exact) mass is 241 g/mol. The molecule has 0 aliphatic rings. The van der Waals surface area contributed by atoms with E-state index in [4.69, 9.17) is 0 Å². The van der Waals surface area contributed by atoms with E-state index in [1.54, 1.807) is 4.90 Å². The Morgan fingerprint density at radius 3 is 2.31 bits per heavy atom. The Balaban J connectivity index is 3.05. The van der Waals surface area contributed by atoms with Crippen LogP contribution in [-0.4, -0.2) is 33.5 Å². The Morgan fingerprint density at radius 2 is 1.88 bits per heavy atom. The molecule has 0 fully saturated rings. The summed E-state index contributed by atoms with van der Waals surface area (Å²) in [7, 11) is 0. The Labute approximate surface area is 101 Å². The van der Waals surface area contributed by atoms with Gasteiger partial charge in [0.25, 0.3) is 5.91 Å². The van der Waals surface area contributed by atoms with Gasteiger partial charge in [-0.05, 0) is 25.4 Å². The lowest BCUT2D eigenvalue weighted by Crippen LogP contribution is -2.31. The first-order valence-corrected chi connectivity index (χ1v) is 6.31. The highest BCUT2D eigenvalue weighted by atomic mass is 32.1. The maximum absolute atomic E-state index is 12.2. The third-order valence-corrected chi connectivity index (χ3v) is 3.16. The molecule has 1 rings (SSSR count). The van der Waals surface area contributed by atoms with Crippen molar-refractivity contribution in [1.29, 1.82) is 0 Å². The van der Waals surface area contributed by atoms with E-state index < -0.39 is 0 Å².